The molecule has 170 valence electrons. The highest BCUT2D eigenvalue weighted by molar-refractivity contribution is 5.99. The summed E-state index contributed by atoms with van der Waals surface area (Å²) in [6.45, 7) is 4.04. The van der Waals surface area contributed by atoms with Crippen molar-refractivity contribution >= 4 is 28.8 Å². The summed E-state index contributed by atoms with van der Waals surface area (Å²) in [6, 6.07) is 8.82. The third-order valence-corrected chi connectivity index (χ3v) is 6.93. The molecule has 1 spiro atoms. The van der Waals surface area contributed by atoms with Crippen LogP contribution in [0.5, 0.6) is 0 Å². The van der Waals surface area contributed by atoms with Crippen LogP contribution in [0.1, 0.15) is 32.1 Å². The molecule has 8 heteroatoms. The van der Waals surface area contributed by atoms with E-state index in [1.54, 1.807) is 23.2 Å². The van der Waals surface area contributed by atoms with Gasteiger partial charge in [0.1, 0.15) is 11.6 Å². The maximum atomic E-state index is 13.9. The first-order valence-corrected chi connectivity index (χ1v) is 11.6. The Morgan fingerprint density at radius 3 is 2.69 bits per heavy atom. The van der Waals surface area contributed by atoms with E-state index in [9.17, 15) is 9.18 Å². The molecule has 7 nitrogen and oxygen atoms in total. The molecule has 3 N–H and O–H groups in total. The number of carbonyl (C=O) groups excluding carboxylic acids is 1. The predicted molar refractivity (Wildman–Crippen MR) is 126 cm³/mol. The molecule has 1 unspecified atom stereocenters. The number of nitrogens with two attached hydrogens (primary N) is 1. The Labute approximate surface area is 188 Å². The number of piperidine rings is 2. The predicted octanol–water partition coefficient (Wildman–Crippen LogP) is 2.97. The van der Waals surface area contributed by atoms with Crippen LogP contribution < -0.4 is 25.8 Å². The lowest BCUT2D eigenvalue weighted by atomic mass is 9.85. The van der Waals surface area contributed by atoms with Crippen LogP contribution in [-0.4, -0.2) is 55.7 Å². The van der Waals surface area contributed by atoms with E-state index >= 15 is 0 Å². The minimum atomic E-state index is -0.330. The minimum Gasteiger partial charge on any atom is -0.374 e. The van der Waals surface area contributed by atoms with E-state index < -0.39 is 0 Å². The third-order valence-electron chi connectivity index (χ3n) is 6.93. The molecule has 3 aliphatic rings. The molecule has 0 radical (unpaired) electrons. The number of amides is 1. The van der Waals surface area contributed by atoms with Gasteiger partial charge >= 0.3 is 0 Å². The van der Waals surface area contributed by atoms with Crippen molar-refractivity contribution in [1.82, 2.24) is 4.98 Å². The number of halogens is 1. The summed E-state index contributed by atoms with van der Waals surface area (Å²) in [5, 5.41) is 3.78. The van der Waals surface area contributed by atoms with Gasteiger partial charge in [0.15, 0.2) is 0 Å². The number of hydrogen-bond acceptors (Lipinski definition) is 6. The van der Waals surface area contributed by atoms with E-state index in [0.29, 0.717) is 13.1 Å². The molecule has 1 amide bonds. The van der Waals surface area contributed by atoms with Crippen molar-refractivity contribution in [2.75, 3.05) is 59.3 Å². The molecule has 2 fully saturated rings. The van der Waals surface area contributed by atoms with E-state index in [2.05, 4.69) is 26.2 Å². The molecule has 1 aromatic carbocycles. The molecule has 5 rings (SSSR count). The van der Waals surface area contributed by atoms with E-state index in [4.69, 9.17) is 5.73 Å². The molecule has 4 heterocycles. The van der Waals surface area contributed by atoms with Crippen LogP contribution in [-0.2, 0) is 4.79 Å². The molecular weight excluding hydrogens is 407 g/mol. The fourth-order valence-electron chi connectivity index (χ4n) is 5.35. The topological polar surface area (TPSA) is 77.7 Å². The maximum absolute atomic E-state index is 13.9. The van der Waals surface area contributed by atoms with E-state index in [0.717, 1.165) is 55.4 Å². The lowest BCUT2D eigenvalue weighted by Crippen LogP contribution is -2.62. The quantitative estimate of drug-likeness (QED) is 0.767. The third kappa shape index (κ3) is 3.99. The summed E-state index contributed by atoms with van der Waals surface area (Å²) in [5.41, 5.74) is 8.02. The smallest absolute Gasteiger partial charge is 0.240 e. The maximum Gasteiger partial charge on any atom is 0.240 e. The van der Waals surface area contributed by atoms with Crippen molar-refractivity contribution in [2.24, 2.45) is 5.73 Å². The zero-order valence-electron chi connectivity index (χ0n) is 18.4. The summed E-state index contributed by atoms with van der Waals surface area (Å²) in [4.78, 5) is 23.8. The Kier molecular flexibility index (Phi) is 5.63. The van der Waals surface area contributed by atoms with Gasteiger partial charge in [-0.3, -0.25) is 4.79 Å². The number of fused-ring (bicyclic) bond motifs is 1. The summed E-state index contributed by atoms with van der Waals surface area (Å²) >= 11 is 0. The highest BCUT2D eigenvalue weighted by Gasteiger charge is 2.43. The normalized spacial score (nSPS) is 23.1. The van der Waals surface area contributed by atoms with Gasteiger partial charge in [-0.15, -0.1) is 0 Å². The van der Waals surface area contributed by atoms with E-state index in [1.807, 2.05) is 6.07 Å². The van der Waals surface area contributed by atoms with Crippen molar-refractivity contribution < 1.29 is 9.18 Å². The van der Waals surface area contributed by atoms with Crippen molar-refractivity contribution in [3.8, 4) is 0 Å². The average molecular weight is 439 g/mol. The Morgan fingerprint density at radius 1 is 1.09 bits per heavy atom. The van der Waals surface area contributed by atoms with Crippen LogP contribution >= 0.6 is 0 Å². The standard InChI is InChI=1S/C24H31FN6O/c25-18-6-4-7-19(12-18)30-11-5-8-24(16-30)17-31(23(32)14-26)21-15-27-22(13-20(21)28-24)29-9-2-1-3-10-29/h4,6-7,12-13,15,28H,1-3,5,8-11,14,16-17,26H2. The lowest BCUT2D eigenvalue weighted by Gasteiger charge is -2.50. The Morgan fingerprint density at radius 2 is 1.91 bits per heavy atom. The second kappa shape index (κ2) is 8.58. The van der Waals surface area contributed by atoms with Crippen LogP contribution in [0.4, 0.5) is 27.3 Å². The van der Waals surface area contributed by atoms with Gasteiger partial charge in [0.2, 0.25) is 5.91 Å². The van der Waals surface area contributed by atoms with Crippen molar-refractivity contribution in [3.05, 3.63) is 42.3 Å². The van der Waals surface area contributed by atoms with Gasteiger partial charge in [0, 0.05) is 37.9 Å². The van der Waals surface area contributed by atoms with Crippen molar-refractivity contribution in [1.29, 1.82) is 0 Å². The van der Waals surface area contributed by atoms with Gasteiger partial charge in [0.05, 0.1) is 36.2 Å². The SMILES string of the molecule is NCC(=O)N1CC2(CCCN(c3cccc(F)c3)C2)Nc2cc(N3CCCCC3)ncc21. The number of aromatic nitrogens is 1. The lowest BCUT2D eigenvalue weighted by molar-refractivity contribution is -0.117. The molecule has 3 aliphatic heterocycles. The van der Waals surface area contributed by atoms with Gasteiger partial charge in [-0.05, 0) is 50.3 Å². The van der Waals surface area contributed by atoms with Crippen molar-refractivity contribution in [2.45, 2.75) is 37.6 Å². The highest BCUT2D eigenvalue weighted by atomic mass is 19.1. The van der Waals surface area contributed by atoms with Gasteiger partial charge in [0.25, 0.3) is 0 Å². The average Bonchev–Trinajstić information content (AvgIpc) is 2.83. The summed E-state index contributed by atoms with van der Waals surface area (Å²) < 4.78 is 13.9. The van der Waals surface area contributed by atoms with Crippen LogP contribution in [0.25, 0.3) is 0 Å². The molecule has 32 heavy (non-hydrogen) atoms. The van der Waals surface area contributed by atoms with Gasteiger partial charge in [-0.25, -0.2) is 9.37 Å². The molecule has 2 aromatic rings. The van der Waals surface area contributed by atoms with Gasteiger partial charge in [-0.2, -0.15) is 0 Å². The van der Waals surface area contributed by atoms with E-state index in [1.165, 1.54) is 25.3 Å². The number of rotatable bonds is 3. The van der Waals surface area contributed by atoms with Gasteiger partial charge in [-0.1, -0.05) is 6.07 Å². The number of nitrogens with one attached hydrogen (secondary N) is 1. The summed E-state index contributed by atoms with van der Waals surface area (Å²) in [7, 11) is 0. The first-order chi connectivity index (χ1) is 15.6. The van der Waals surface area contributed by atoms with Crippen molar-refractivity contribution in [3.63, 3.8) is 0 Å². The second-order valence-electron chi connectivity index (χ2n) is 9.20. The Balaban J connectivity index is 1.47. The molecule has 1 aromatic heterocycles. The monoisotopic (exact) mass is 438 g/mol. The number of nitrogens with zero attached hydrogens (tertiary/aromatic N) is 4. The molecule has 0 aliphatic carbocycles. The second-order valence-corrected chi connectivity index (χ2v) is 9.20. The number of hydrogen-bond donors (Lipinski definition) is 2. The molecule has 0 saturated carbocycles. The number of benzene rings is 1. The zero-order valence-corrected chi connectivity index (χ0v) is 18.4. The molecule has 0 bridgehead atoms. The Hall–Kier alpha value is -2.87. The van der Waals surface area contributed by atoms with Crippen LogP contribution in [0.3, 0.4) is 0 Å². The first kappa shape index (κ1) is 21.0. The zero-order chi connectivity index (χ0) is 22.1. The summed E-state index contributed by atoms with van der Waals surface area (Å²) in [5.74, 6) is 0.606. The first-order valence-electron chi connectivity index (χ1n) is 11.6. The highest BCUT2D eigenvalue weighted by Crippen LogP contribution is 2.40. The van der Waals surface area contributed by atoms with E-state index in [-0.39, 0.29) is 23.8 Å². The minimum absolute atomic E-state index is 0.0446. The van der Waals surface area contributed by atoms with Gasteiger partial charge < -0.3 is 25.8 Å². The van der Waals surface area contributed by atoms with Crippen LogP contribution in [0, 0.1) is 5.82 Å². The molecule has 2 saturated heterocycles. The molecular formula is C24H31FN6O. The fourth-order valence-corrected chi connectivity index (χ4v) is 5.35. The number of anilines is 4. The number of carbonyl (C=O) groups is 1. The Bertz CT molecular complexity index is 994. The largest absolute Gasteiger partial charge is 0.374 e. The fraction of sp³-hybridized carbons (Fsp3) is 0.500. The number of pyridine rings is 1. The molecule has 1 atom stereocenters. The van der Waals surface area contributed by atoms with Crippen LogP contribution in [0.15, 0.2) is 36.5 Å². The van der Waals surface area contributed by atoms with Crippen LogP contribution in [0.2, 0.25) is 0 Å². The summed E-state index contributed by atoms with van der Waals surface area (Å²) in [6.07, 6.45) is 7.30.